The van der Waals surface area contributed by atoms with Crippen LogP contribution in [0.1, 0.15) is 0 Å². The molecule has 1 N–H and O–H groups in total. The number of aliphatic hydroxyl groups is 1. The summed E-state index contributed by atoms with van der Waals surface area (Å²) < 4.78 is 4.13. The van der Waals surface area contributed by atoms with E-state index in [0.717, 1.165) is 0 Å². The fraction of sp³-hybridized carbons (Fsp3) is 0.833. The van der Waals surface area contributed by atoms with Crippen molar-refractivity contribution < 1.29 is 9.84 Å². The molecule has 0 aromatic carbocycles. The molecule has 0 radical (unpaired) electrons. The van der Waals surface area contributed by atoms with Gasteiger partial charge in [-0.25, -0.2) is 0 Å². The molecule has 0 spiro atoms. The van der Waals surface area contributed by atoms with E-state index in [2.05, 4.69) is 0 Å². The maximum absolute atomic E-state index is 10.5. The summed E-state index contributed by atoms with van der Waals surface area (Å²) in [6.07, 6.45) is -0.487. The third kappa shape index (κ3) is 0.991. The molecular weight excluding hydrogens is 389 g/mol. The van der Waals surface area contributed by atoms with Crippen LogP contribution >= 0.6 is 69.6 Å². The Bertz CT molecular complexity index is 546. The van der Waals surface area contributed by atoms with E-state index in [9.17, 15) is 5.11 Å². The molecular formula is C12H8Cl6O2. The number of fused-ring (bicyclic) bond motifs is 12. The van der Waals surface area contributed by atoms with Gasteiger partial charge in [0.2, 0.25) is 0 Å². The first kappa shape index (κ1) is 13.8. The quantitative estimate of drug-likeness (QED) is 0.386. The summed E-state index contributed by atoms with van der Waals surface area (Å²) in [5, 5.41) is 10.9. The average Bonchev–Trinajstić information content (AvgIpc) is 3.01. The first-order chi connectivity index (χ1) is 9.20. The number of allylic oxidation sites excluding steroid dienone is 2. The van der Waals surface area contributed by atoms with Crippen molar-refractivity contribution in [1.29, 1.82) is 0 Å². The van der Waals surface area contributed by atoms with Crippen LogP contribution in [0.3, 0.4) is 0 Å². The van der Waals surface area contributed by atoms with Gasteiger partial charge in [-0.2, -0.15) is 0 Å². The molecule has 0 amide bonds. The highest BCUT2D eigenvalue weighted by molar-refractivity contribution is 6.65. The Balaban J connectivity index is 1.80. The number of alkyl halides is 4. The topological polar surface area (TPSA) is 32.8 Å². The molecule has 4 aliphatic carbocycles. The normalized spacial score (nSPS) is 67.7. The molecule has 0 aromatic heterocycles. The Hall–Kier alpha value is 1.40. The first-order valence-electron chi connectivity index (χ1n) is 6.36. The van der Waals surface area contributed by atoms with Crippen molar-refractivity contribution in [3.63, 3.8) is 0 Å². The number of hydrogen-bond donors (Lipinski definition) is 1. The lowest BCUT2D eigenvalue weighted by atomic mass is 9.73. The molecule has 7 unspecified atom stereocenters. The monoisotopic (exact) mass is 394 g/mol. The van der Waals surface area contributed by atoms with Gasteiger partial charge in [0.15, 0.2) is 4.33 Å². The van der Waals surface area contributed by atoms with Crippen LogP contribution < -0.4 is 0 Å². The lowest BCUT2D eigenvalue weighted by Gasteiger charge is -2.37. The standard InChI is InChI=1S/C12H8Cl6O2/c13-8-9(14)11(16)4-2-5(19)1(6-7(2)20-6)3(4)10(8,15)12(11,17)18/h1-7,19H/t1-,2+,3?,4?,5?,6?,7?,10?,11?. The van der Waals surface area contributed by atoms with Crippen molar-refractivity contribution in [3.8, 4) is 0 Å². The fourth-order valence-corrected chi connectivity index (χ4v) is 8.41. The molecule has 4 fully saturated rings. The Labute approximate surface area is 145 Å². The van der Waals surface area contributed by atoms with E-state index in [-0.39, 0.29) is 45.9 Å². The van der Waals surface area contributed by atoms with Crippen molar-refractivity contribution >= 4 is 69.6 Å². The molecule has 8 heteroatoms. The number of ether oxygens (including phenoxy) is 1. The third-order valence-electron chi connectivity index (χ3n) is 5.99. The Kier molecular flexibility index (Phi) is 2.36. The van der Waals surface area contributed by atoms with Gasteiger partial charge in [0.1, 0.15) is 9.75 Å². The average molecular weight is 397 g/mol. The molecule has 20 heavy (non-hydrogen) atoms. The van der Waals surface area contributed by atoms with Crippen molar-refractivity contribution in [1.82, 2.24) is 0 Å². The zero-order valence-corrected chi connectivity index (χ0v) is 14.2. The highest BCUT2D eigenvalue weighted by Crippen LogP contribution is 2.84. The van der Waals surface area contributed by atoms with Gasteiger partial charge in [0.25, 0.3) is 0 Å². The van der Waals surface area contributed by atoms with E-state index in [1.165, 1.54) is 0 Å². The molecule has 5 rings (SSSR count). The fourth-order valence-electron chi connectivity index (χ4n) is 5.31. The van der Waals surface area contributed by atoms with Crippen LogP contribution in [-0.4, -0.2) is 37.5 Å². The van der Waals surface area contributed by atoms with Gasteiger partial charge in [0.05, 0.1) is 28.4 Å². The minimum atomic E-state index is -1.50. The van der Waals surface area contributed by atoms with Gasteiger partial charge in [-0.15, -0.1) is 23.2 Å². The number of rotatable bonds is 0. The maximum atomic E-state index is 10.5. The van der Waals surface area contributed by atoms with Crippen LogP contribution in [-0.2, 0) is 4.74 Å². The summed E-state index contributed by atoms with van der Waals surface area (Å²) in [7, 11) is 0. The number of aliphatic hydroxyl groups excluding tert-OH is 1. The largest absolute Gasteiger partial charge is 0.392 e. The number of hydrogen-bond acceptors (Lipinski definition) is 2. The number of halogens is 6. The second-order valence-electron chi connectivity index (χ2n) is 6.39. The minimum absolute atomic E-state index is 0.0128. The lowest BCUT2D eigenvalue weighted by molar-refractivity contribution is 0.0503. The second kappa shape index (κ2) is 3.42. The predicted octanol–water partition coefficient (Wildman–Crippen LogP) is 3.45. The Morgan fingerprint density at radius 1 is 0.850 bits per heavy atom. The molecule has 9 atom stereocenters. The zero-order chi connectivity index (χ0) is 14.4. The molecule has 2 nitrogen and oxygen atoms in total. The van der Waals surface area contributed by atoms with E-state index < -0.39 is 20.2 Å². The summed E-state index contributed by atoms with van der Waals surface area (Å²) in [5.41, 5.74) is 0. The molecule has 5 aliphatic rings. The summed E-state index contributed by atoms with van der Waals surface area (Å²) in [6.45, 7) is 0. The highest BCUT2D eigenvalue weighted by Gasteiger charge is 2.91. The summed E-state index contributed by atoms with van der Waals surface area (Å²) in [4.78, 5) is -2.53. The Morgan fingerprint density at radius 2 is 1.25 bits per heavy atom. The maximum Gasteiger partial charge on any atom is 0.166 e. The van der Waals surface area contributed by atoms with Crippen LogP contribution in [0.2, 0.25) is 0 Å². The summed E-state index contributed by atoms with van der Waals surface area (Å²) in [5.74, 6) is -0.724. The summed E-state index contributed by atoms with van der Waals surface area (Å²) >= 11 is 39.3. The van der Waals surface area contributed by atoms with Crippen molar-refractivity contribution in [2.75, 3.05) is 0 Å². The molecule has 4 bridgehead atoms. The summed E-state index contributed by atoms with van der Waals surface area (Å²) in [6, 6.07) is 0. The smallest absolute Gasteiger partial charge is 0.166 e. The van der Waals surface area contributed by atoms with Gasteiger partial charge in [0, 0.05) is 11.8 Å². The van der Waals surface area contributed by atoms with Crippen molar-refractivity contribution in [2.24, 2.45) is 23.7 Å². The molecule has 1 heterocycles. The lowest BCUT2D eigenvalue weighted by Crippen LogP contribution is -2.48. The van der Waals surface area contributed by atoms with Crippen LogP contribution in [0.15, 0.2) is 10.1 Å². The van der Waals surface area contributed by atoms with E-state index in [1.807, 2.05) is 0 Å². The van der Waals surface area contributed by atoms with Gasteiger partial charge >= 0.3 is 0 Å². The van der Waals surface area contributed by atoms with Gasteiger partial charge in [-0.3, -0.25) is 0 Å². The van der Waals surface area contributed by atoms with Gasteiger partial charge in [-0.05, 0) is 11.8 Å². The van der Waals surface area contributed by atoms with Crippen LogP contribution in [0, 0.1) is 23.7 Å². The molecule has 110 valence electrons. The van der Waals surface area contributed by atoms with E-state index in [1.54, 1.807) is 0 Å². The molecule has 1 saturated heterocycles. The van der Waals surface area contributed by atoms with Crippen molar-refractivity contribution in [2.45, 2.75) is 32.4 Å². The zero-order valence-electron chi connectivity index (χ0n) is 9.66. The van der Waals surface area contributed by atoms with Gasteiger partial charge < -0.3 is 9.84 Å². The van der Waals surface area contributed by atoms with E-state index in [4.69, 9.17) is 74.3 Å². The molecule has 1 aliphatic heterocycles. The van der Waals surface area contributed by atoms with Crippen LogP contribution in [0.5, 0.6) is 0 Å². The molecule has 0 aromatic rings. The SMILES string of the molecule is OC1[C@H]2C3OC3[C@@H]1C1C2C2(Cl)C(Cl)=C(Cl)C1(Cl)C2(Cl)Cl. The predicted molar refractivity (Wildman–Crippen MR) is 79.0 cm³/mol. The highest BCUT2D eigenvalue weighted by atomic mass is 35.5. The van der Waals surface area contributed by atoms with Gasteiger partial charge in [-0.1, -0.05) is 46.4 Å². The van der Waals surface area contributed by atoms with Crippen LogP contribution in [0.4, 0.5) is 0 Å². The Morgan fingerprint density at radius 3 is 1.65 bits per heavy atom. The van der Waals surface area contributed by atoms with E-state index in [0.29, 0.717) is 0 Å². The number of epoxide rings is 1. The van der Waals surface area contributed by atoms with E-state index >= 15 is 0 Å². The van der Waals surface area contributed by atoms with Crippen molar-refractivity contribution in [3.05, 3.63) is 10.1 Å². The molecule has 3 saturated carbocycles. The second-order valence-corrected chi connectivity index (χ2v) is 9.66. The van der Waals surface area contributed by atoms with Crippen LogP contribution in [0.25, 0.3) is 0 Å². The third-order valence-corrected chi connectivity index (χ3v) is 10.3. The first-order valence-corrected chi connectivity index (χ1v) is 8.63. The minimum Gasteiger partial charge on any atom is -0.392 e.